The van der Waals surface area contributed by atoms with E-state index in [4.69, 9.17) is 0 Å². The summed E-state index contributed by atoms with van der Waals surface area (Å²) in [6.07, 6.45) is 2.19. The highest BCUT2D eigenvalue weighted by atomic mass is 32.2. The summed E-state index contributed by atoms with van der Waals surface area (Å²) in [7, 11) is 0. The van der Waals surface area contributed by atoms with Crippen molar-refractivity contribution in [2.75, 3.05) is 12.8 Å². The molecule has 0 saturated carbocycles. The smallest absolute Gasteiger partial charge is 0.0192 e. The Labute approximate surface area is 81.7 Å². The standard InChI is InChI=1S/C10H23NS/c1-8(2)9(12-6)7-11-10(3,4)5/h8-9,11H,7H2,1-6H3. The molecule has 0 amide bonds. The number of hydrogen-bond acceptors (Lipinski definition) is 2. The monoisotopic (exact) mass is 189 g/mol. The fourth-order valence-electron chi connectivity index (χ4n) is 0.998. The maximum atomic E-state index is 3.53. The molecule has 0 rings (SSSR count). The lowest BCUT2D eigenvalue weighted by molar-refractivity contribution is 0.408. The molecule has 0 saturated heterocycles. The number of rotatable bonds is 4. The molecule has 2 heteroatoms. The van der Waals surface area contributed by atoms with Crippen LogP contribution in [-0.4, -0.2) is 23.6 Å². The van der Waals surface area contributed by atoms with Gasteiger partial charge in [-0.1, -0.05) is 13.8 Å². The summed E-state index contributed by atoms with van der Waals surface area (Å²) >= 11 is 1.96. The Morgan fingerprint density at radius 2 is 1.75 bits per heavy atom. The highest BCUT2D eigenvalue weighted by Crippen LogP contribution is 2.16. The van der Waals surface area contributed by atoms with Crippen LogP contribution in [0.4, 0.5) is 0 Å². The van der Waals surface area contributed by atoms with Crippen molar-refractivity contribution in [1.29, 1.82) is 0 Å². The Kier molecular flexibility index (Phi) is 5.26. The first-order chi connectivity index (χ1) is 5.37. The molecule has 0 aromatic rings. The van der Waals surface area contributed by atoms with Crippen LogP contribution in [0.5, 0.6) is 0 Å². The Balaban J connectivity index is 3.73. The van der Waals surface area contributed by atoms with Crippen molar-refractivity contribution in [3.8, 4) is 0 Å². The second-order valence-corrected chi connectivity index (χ2v) is 5.73. The Hall–Kier alpha value is 0.310. The number of nitrogens with one attached hydrogen (secondary N) is 1. The molecule has 0 bridgehead atoms. The summed E-state index contributed by atoms with van der Waals surface area (Å²) < 4.78 is 0. The molecular weight excluding hydrogens is 166 g/mol. The van der Waals surface area contributed by atoms with Crippen LogP contribution in [0.3, 0.4) is 0 Å². The molecule has 1 nitrogen and oxygen atoms in total. The molecular formula is C10H23NS. The average molecular weight is 189 g/mol. The van der Waals surface area contributed by atoms with Gasteiger partial charge in [0.05, 0.1) is 0 Å². The van der Waals surface area contributed by atoms with Crippen molar-refractivity contribution >= 4 is 11.8 Å². The zero-order chi connectivity index (χ0) is 9.78. The third-order valence-corrected chi connectivity index (χ3v) is 3.20. The largest absolute Gasteiger partial charge is 0.311 e. The van der Waals surface area contributed by atoms with Gasteiger partial charge in [0.1, 0.15) is 0 Å². The van der Waals surface area contributed by atoms with Crippen molar-refractivity contribution in [1.82, 2.24) is 5.32 Å². The second-order valence-electron chi connectivity index (χ2n) is 4.65. The highest BCUT2D eigenvalue weighted by Gasteiger charge is 2.15. The Morgan fingerprint density at radius 3 is 2.00 bits per heavy atom. The summed E-state index contributed by atoms with van der Waals surface area (Å²) in [4.78, 5) is 0. The molecule has 0 aliphatic heterocycles. The molecule has 1 atom stereocenters. The van der Waals surface area contributed by atoms with E-state index in [-0.39, 0.29) is 5.54 Å². The van der Waals surface area contributed by atoms with Crippen LogP contribution >= 0.6 is 11.8 Å². The average Bonchev–Trinajstić information content (AvgIpc) is 1.85. The van der Waals surface area contributed by atoms with Crippen molar-refractivity contribution < 1.29 is 0 Å². The SMILES string of the molecule is CSC(CNC(C)(C)C)C(C)C. The normalized spacial score (nSPS) is 15.2. The van der Waals surface area contributed by atoms with Crippen LogP contribution in [-0.2, 0) is 0 Å². The first-order valence-electron chi connectivity index (χ1n) is 4.64. The van der Waals surface area contributed by atoms with Crippen LogP contribution in [0.15, 0.2) is 0 Å². The van der Waals surface area contributed by atoms with Crippen LogP contribution in [0.25, 0.3) is 0 Å². The third kappa shape index (κ3) is 5.90. The molecule has 0 heterocycles. The molecule has 74 valence electrons. The van der Waals surface area contributed by atoms with Crippen LogP contribution in [0.2, 0.25) is 0 Å². The summed E-state index contributed by atoms with van der Waals surface area (Å²) in [5.41, 5.74) is 0.253. The van der Waals surface area contributed by atoms with E-state index in [1.165, 1.54) is 0 Å². The van der Waals surface area contributed by atoms with Gasteiger partial charge in [-0.25, -0.2) is 0 Å². The van der Waals surface area contributed by atoms with Crippen molar-refractivity contribution in [3.63, 3.8) is 0 Å². The van der Waals surface area contributed by atoms with Crippen LogP contribution in [0.1, 0.15) is 34.6 Å². The third-order valence-electron chi connectivity index (χ3n) is 1.88. The van der Waals surface area contributed by atoms with Crippen molar-refractivity contribution in [2.24, 2.45) is 5.92 Å². The van der Waals surface area contributed by atoms with E-state index >= 15 is 0 Å². The van der Waals surface area contributed by atoms with Gasteiger partial charge in [-0.15, -0.1) is 0 Å². The summed E-state index contributed by atoms with van der Waals surface area (Å²) in [5, 5.41) is 4.27. The van der Waals surface area contributed by atoms with Gasteiger partial charge in [-0.3, -0.25) is 0 Å². The number of hydrogen-bond donors (Lipinski definition) is 1. The van der Waals surface area contributed by atoms with E-state index in [1.807, 2.05) is 11.8 Å². The minimum Gasteiger partial charge on any atom is -0.311 e. The van der Waals surface area contributed by atoms with Gasteiger partial charge < -0.3 is 5.32 Å². The predicted molar refractivity (Wildman–Crippen MR) is 59.9 cm³/mol. The van der Waals surface area contributed by atoms with Gasteiger partial charge in [0.15, 0.2) is 0 Å². The molecule has 0 spiro atoms. The zero-order valence-electron chi connectivity index (χ0n) is 9.27. The minimum atomic E-state index is 0.253. The molecule has 0 aliphatic rings. The maximum Gasteiger partial charge on any atom is 0.0192 e. The van der Waals surface area contributed by atoms with E-state index in [1.54, 1.807) is 0 Å². The molecule has 1 N–H and O–H groups in total. The van der Waals surface area contributed by atoms with Crippen molar-refractivity contribution in [2.45, 2.75) is 45.4 Å². The quantitative estimate of drug-likeness (QED) is 0.730. The lowest BCUT2D eigenvalue weighted by Gasteiger charge is -2.26. The predicted octanol–water partition coefficient (Wildman–Crippen LogP) is 2.76. The first kappa shape index (κ1) is 12.3. The van der Waals surface area contributed by atoms with E-state index in [0.29, 0.717) is 0 Å². The van der Waals surface area contributed by atoms with Gasteiger partial charge in [0, 0.05) is 17.3 Å². The first-order valence-corrected chi connectivity index (χ1v) is 5.93. The fraction of sp³-hybridized carbons (Fsp3) is 1.00. The summed E-state index contributed by atoms with van der Waals surface area (Å²) in [6, 6.07) is 0. The van der Waals surface area contributed by atoms with E-state index < -0.39 is 0 Å². The fourth-order valence-corrected chi connectivity index (χ4v) is 1.79. The lowest BCUT2D eigenvalue weighted by atomic mass is 10.1. The van der Waals surface area contributed by atoms with E-state index in [9.17, 15) is 0 Å². The minimum absolute atomic E-state index is 0.253. The van der Waals surface area contributed by atoms with Crippen LogP contribution < -0.4 is 5.32 Å². The van der Waals surface area contributed by atoms with Crippen molar-refractivity contribution in [3.05, 3.63) is 0 Å². The van der Waals surface area contributed by atoms with E-state index in [0.717, 1.165) is 17.7 Å². The molecule has 0 aromatic carbocycles. The van der Waals surface area contributed by atoms with E-state index in [2.05, 4.69) is 46.2 Å². The highest BCUT2D eigenvalue weighted by molar-refractivity contribution is 7.99. The Bertz CT molecular complexity index is 115. The van der Waals surface area contributed by atoms with Crippen LogP contribution in [0, 0.1) is 5.92 Å². The van der Waals surface area contributed by atoms with Gasteiger partial charge in [0.2, 0.25) is 0 Å². The zero-order valence-corrected chi connectivity index (χ0v) is 10.1. The topological polar surface area (TPSA) is 12.0 Å². The van der Waals surface area contributed by atoms with Gasteiger partial charge >= 0.3 is 0 Å². The molecule has 0 radical (unpaired) electrons. The number of thioether (sulfide) groups is 1. The van der Waals surface area contributed by atoms with Gasteiger partial charge in [0.25, 0.3) is 0 Å². The molecule has 12 heavy (non-hydrogen) atoms. The molecule has 0 aliphatic carbocycles. The van der Waals surface area contributed by atoms with Gasteiger partial charge in [-0.05, 0) is 32.9 Å². The lowest BCUT2D eigenvalue weighted by Crippen LogP contribution is -2.41. The Morgan fingerprint density at radius 1 is 1.25 bits per heavy atom. The molecule has 0 fully saturated rings. The second kappa shape index (κ2) is 5.13. The summed E-state index contributed by atoms with van der Waals surface area (Å²) in [5.74, 6) is 0.759. The molecule has 0 aromatic heterocycles. The maximum absolute atomic E-state index is 3.53. The summed E-state index contributed by atoms with van der Waals surface area (Å²) in [6.45, 7) is 12.3. The molecule has 1 unspecified atom stereocenters. The van der Waals surface area contributed by atoms with Gasteiger partial charge in [-0.2, -0.15) is 11.8 Å².